The molecule has 1 aliphatic heterocycles. The van der Waals surface area contributed by atoms with Crippen molar-refractivity contribution in [1.29, 1.82) is 0 Å². The molecule has 1 heterocycles. The Balaban J connectivity index is 0. The zero-order valence-electron chi connectivity index (χ0n) is 15.9. The number of hydrogen-bond donors (Lipinski definition) is 3. The molecular weight excluding hydrogens is 346 g/mol. The first-order valence-corrected chi connectivity index (χ1v) is 9.52. The predicted octanol–water partition coefficient (Wildman–Crippen LogP) is 0.708. The average Bonchev–Trinajstić information content (AvgIpc) is 2.90. The van der Waals surface area contributed by atoms with Crippen LogP contribution in [0.25, 0.3) is 0 Å². The summed E-state index contributed by atoms with van der Waals surface area (Å²) in [5.41, 5.74) is 0. The van der Waals surface area contributed by atoms with Crippen molar-refractivity contribution in [3.05, 3.63) is 0 Å². The molecule has 1 saturated heterocycles. The third kappa shape index (κ3) is 8.87. The smallest absolute Gasteiger partial charge is 0.321 e. The van der Waals surface area contributed by atoms with Gasteiger partial charge in [-0.15, -0.1) is 11.8 Å². The van der Waals surface area contributed by atoms with E-state index >= 15 is 0 Å². The van der Waals surface area contributed by atoms with E-state index < -0.39 is 17.3 Å². The van der Waals surface area contributed by atoms with Gasteiger partial charge in [-0.3, -0.25) is 24.1 Å². The van der Waals surface area contributed by atoms with Gasteiger partial charge in [0.25, 0.3) is 0 Å². The first-order valence-electron chi connectivity index (χ1n) is 8.47. The van der Waals surface area contributed by atoms with E-state index in [0.717, 1.165) is 16.7 Å². The zero-order valence-corrected chi connectivity index (χ0v) is 16.7. The number of aliphatic carboxylic acids is 1. The number of carbonyl (C=O) groups excluding carboxylic acids is 3. The molecular formula is C16H31N3O5S. The van der Waals surface area contributed by atoms with E-state index in [4.69, 9.17) is 5.11 Å². The molecule has 0 aliphatic carbocycles. The largest absolute Gasteiger partial charge is 0.480 e. The Bertz CT molecular complexity index is 445. The Morgan fingerprint density at radius 1 is 1.24 bits per heavy atom. The molecule has 0 aromatic rings. The fourth-order valence-electron chi connectivity index (χ4n) is 1.85. The summed E-state index contributed by atoms with van der Waals surface area (Å²) in [6.07, 6.45) is 0.118. The number of likely N-dealkylation sites (tertiary alicyclic amines) is 1. The summed E-state index contributed by atoms with van der Waals surface area (Å²) in [6.45, 7) is 8.06. The fraction of sp³-hybridized carbons (Fsp3) is 0.750. The van der Waals surface area contributed by atoms with Crippen LogP contribution in [-0.4, -0.2) is 71.4 Å². The normalized spacial score (nSPS) is 17.0. The van der Waals surface area contributed by atoms with E-state index in [1.54, 1.807) is 0 Å². The maximum Gasteiger partial charge on any atom is 0.321 e. The Hall–Kier alpha value is -1.61. The number of nitrogens with one attached hydrogen (secondary N) is 2. The number of amides is 3. The first-order chi connectivity index (χ1) is 11.9. The van der Waals surface area contributed by atoms with Crippen molar-refractivity contribution in [2.24, 2.45) is 0 Å². The summed E-state index contributed by atoms with van der Waals surface area (Å²) in [5, 5.41) is 13.4. The van der Waals surface area contributed by atoms with Gasteiger partial charge in [0.15, 0.2) is 0 Å². The maximum atomic E-state index is 12.1. The van der Waals surface area contributed by atoms with Crippen LogP contribution in [0.3, 0.4) is 0 Å². The van der Waals surface area contributed by atoms with Crippen LogP contribution in [0.4, 0.5) is 0 Å². The summed E-state index contributed by atoms with van der Waals surface area (Å²) in [6, 6.07) is -0.766. The van der Waals surface area contributed by atoms with Crippen molar-refractivity contribution in [2.45, 2.75) is 51.8 Å². The van der Waals surface area contributed by atoms with Crippen LogP contribution in [0.5, 0.6) is 0 Å². The van der Waals surface area contributed by atoms with Gasteiger partial charge < -0.3 is 15.7 Å². The molecule has 3 amide bonds. The average molecular weight is 378 g/mol. The van der Waals surface area contributed by atoms with Crippen LogP contribution >= 0.6 is 11.8 Å². The lowest BCUT2D eigenvalue weighted by atomic mass is 10.3. The molecule has 0 aromatic heterocycles. The van der Waals surface area contributed by atoms with E-state index in [9.17, 15) is 19.2 Å². The molecule has 0 saturated carbocycles. The van der Waals surface area contributed by atoms with Crippen LogP contribution in [0.1, 0.15) is 40.5 Å². The highest BCUT2D eigenvalue weighted by Crippen LogP contribution is 2.25. The number of carboxylic acid groups (broad SMARTS) is 1. The molecule has 9 heteroatoms. The third-order valence-corrected chi connectivity index (χ3v) is 4.45. The maximum absolute atomic E-state index is 12.1. The SMILES string of the molecule is CC.CC.CNC(=O)CCN1C(=O)CC(SCC(NC)C(=O)O)C1=O. The molecule has 0 aromatic carbocycles. The number of carboxylic acids is 1. The molecule has 146 valence electrons. The van der Waals surface area contributed by atoms with Gasteiger partial charge in [0.2, 0.25) is 17.7 Å². The van der Waals surface area contributed by atoms with E-state index in [0.29, 0.717) is 0 Å². The van der Waals surface area contributed by atoms with Gasteiger partial charge in [-0.25, -0.2) is 0 Å². The monoisotopic (exact) mass is 377 g/mol. The Kier molecular flexibility index (Phi) is 15.1. The standard InChI is InChI=1S/C12H19N3O5S.2C2H6/c1-13-7(12(19)20)6-21-8-5-10(17)15(11(8)18)4-3-9(16)14-2;2*1-2/h7-8,13H,3-6H2,1-2H3,(H,14,16)(H,19,20);2*1-2H3. The highest BCUT2D eigenvalue weighted by molar-refractivity contribution is 8.00. The summed E-state index contributed by atoms with van der Waals surface area (Å²) in [5.74, 6) is -1.73. The second kappa shape index (κ2) is 14.7. The van der Waals surface area contributed by atoms with Crippen molar-refractivity contribution < 1.29 is 24.3 Å². The minimum atomic E-state index is -1.00. The van der Waals surface area contributed by atoms with Gasteiger partial charge in [-0.2, -0.15) is 0 Å². The number of thioether (sulfide) groups is 1. The van der Waals surface area contributed by atoms with Crippen LogP contribution < -0.4 is 10.6 Å². The second-order valence-corrected chi connectivity index (χ2v) is 5.75. The molecule has 2 unspecified atom stereocenters. The Labute approximate surface area is 154 Å². The molecule has 25 heavy (non-hydrogen) atoms. The molecule has 0 bridgehead atoms. The second-order valence-electron chi connectivity index (χ2n) is 4.51. The van der Waals surface area contributed by atoms with Crippen molar-refractivity contribution in [3.8, 4) is 0 Å². The Morgan fingerprint density at radius 2 is 1.80 bits per heavy atom. The van der Waals surface area contributed by atoms with Gasteiger partial charge in [0.05, 0.1) is 5.25 Å². The number of likely N-dealkylation sites (N-methyl/N-ethyl adjacent to an activating group) is 1. The highest BCUT2D eigenvalue weighted by Gasteiger charge is 2.39. The van der Waals surface area contributed by atoms with E-state index in [2.05, 4.69) is 10.6 Å². The third-order valence-electron chi connectivity index (χ3n) is 3.15. The molecule has 0 radical (unpaired) electrons. The highest BCUT2D eigenvalue weighted by atomic mass is 32.2. The van der Waals surface area contributed by atoms with Crippen molar-refractivity contribution in [3.63, 3.8) is 0 Å². The number of carbonyl (C=O) groups is 4. The van der Waals surface area contributed by atoms with Gasteiger partial charge in [0.1, 0.15) is 6.04 Å². The molecule has 1 aliphatic rings. The molecule has 8 nitrogen and oxygen atoms in total. The number of imide groups is 1. The van der Waals surface area contributed by atoms with Crippen LogP contribution in [0.2, 0.25) is 0 Å². The number of hydrogen-bond acceptors (Lipinski definition) is 6. The minimum absolute atomic E-state index is 0.0489. The van der Waals surface area contributed by atoms with Gasteiger partial charge >= 0.3 is 5.97 Å². The quantitative estimate of drug-likeness (QED) is 0.533. The summed E-state index contributed by atoms with van der Waals surface area (Å²) < 4.78 is 0. The van der Waals surface area contributed by atoms with E-state index in [1.165, 1.54) is 14.1 Å². The van der Waals surface area contributed by atoms with Crippen molar-refractivity contribution in [2.75, 3.05) is 26.4 Å². The van der Waals surface area contributed by atoms with Gasteiger partial charge in [-0.1, -0.05) is 27.7 Å². The molecule has 1 rings (SSSR count). The lowest BCUT2D eigenvalue weighted by molar-refractivity contribution is -0.140. The van der Waals surface area contributed by atoms with Crippen molar-refractivity contribution in [1.82, 2.24) is 15.5 Å². The van der Waals surface area contributed by atoms with Crippen LogP contribution in [0.15, 0.2) is 0 Å². The zero-order chi connectivity index (χ0) is 20.0. The van der Waals surface area contributed by atoms with E-state index in [1.807, 2.05) is 27.7 Å². The predicted molar refractivity (Wildman–Crippen MR) is 99.4 cm³/mol. The number of rotatable bonds is 8. The van der Waals surface area contributed by atoms with Gasteiger partial charge in [-0.05, 0) is 7.05 Å². The summed E-state index contributed by atoms with van der Waals surface area (Å²) >= 11 is 1.14. The van der Waals surface area contributed by atoms with Gasteiger partial charge in [0, 0.05) is 32.2 Å². The lowest BCUT2D eigenvalue weighted by Gasteiger charge is -2.15. The van der Waals surface area contributed by atoms with Crippen LogP contribution in [0, 0.1) is 0 Å². The fourth-order valence-corrected chi connectivity index (χ4v) is 3.11. The van der Waals surface area contributed by atoms with E-state index in [-0.39, 0.29) is 42.9 Å². The summed E-state index contributed by atoms with van der Waals surface area (Å²) in [7, 11) is 3.01. The minimum Gasteiger partial charge on any atom is -0.480 e. The number of nitrogens with zero attached hydrogens (tertiary/aromatic N) is 1. The first kappa shape index (κ1) is 25.6. The topological polar surface area (TPSA) is 116 Å². The molecule has 2 atom stereocenters. The molecule has 0 spiro atoms. The molecule has 3 N–H and O–H groups in total. The van der Waals surface area contributed by atoms with Crippen molar-refractivity contribution >= 4 is 35.5 Å². The summed E-state index contributed by atoms with van der Waals surface area (Å²) in [4.78, 5) is 46.9. The molecule has 1 fully saturated rings. The Morgan fingerprint density at radius 3 is 2.24 bits per heavy atom. The van der Waals surface area contributed by atoms with Crippen LogP contribution in [-0.2, 0) is 19.2 Å². The lowest BCUT2D eigenvalue weighted by Crippen LogP contribution is -2.38.